The number of fused-ring (bicyclic) bond motifs is 1. The number of para-hydroxylation sites is 1. The van der Waals surface area contributed by atoms with Crippen LogP contribution in [0.5, 0.6) is 0 Å². The van der Waals surface area contributed by atoms with E-state index in [0.29, 0.717) is 5.56 Å². The Bertz CT molecular complexity index is 1660. The molecule has 1 atom stereocenters. The number of benzene rings is 3. The van der Waals surface area contributed by atoms with Gasteiger partial charge < -0.3 is 4.98 Å². The number of pyridine rings is 1. The summed E-state index contributed by atoms with van der Waals surface area (Å²) in [6.07, 6.45) is 4.51. The molecule has 3 aromatic carbocycles. The summed E-state index contributed by atoms with van der Waals surface area (Å²) in [5.74, 6) is 0.774. The van der Waals surface area contributed by atoms with Crippen molar-refractivity contribution in [3.8, 4) is 0 Å². The van der Waals surface area contributed by atoms with Crippen molar-refractivity contribution < 1.29 is 0 Å². The lowest BCUT2D eigenvalue weighted by molar-refractivity contribution is 0.0850. The molecule has 42 heavy (non-hydrogen) atoms. The molecule has 1 saturated carbocycles. The van der Waals surface area contributed by atoms with E-state index >= 15 is 0 Å². The minimum atomic E-state index is -0.330. The van der Waals surface area contributed by atoms with E-state index in [4.69, 9.17) is 0 Å². The standard InChI is InChI=1S/C34H37N7O/c1-24-11-10-16-27-23-29(34(42)35-30(24)27)32(33-36-37-38-41(33)28-17-8-9-18-28)40-21-19-39(20-22-40)31(25-12-4-2-5-13-25)26-14-6-3-7-15-26/h2-7,10-16,23,28,31-32H,8-9,17-22H2,1H3,(H,35,42)/t32-/m0/s1. The van der Waals surface area contributed by atoms with Gasteiger partial charge in [-0.05, 0) is 58.3 Å². The van der Waals surface area contributed by atoms with Gasteiger partial charge in [0.1, 0.15) is 6.04 Å². The molecule has 2 aromatic heterocycles. The Labute approximate surface area is 246 Å². The molecule has 8 nitrogen and oxygen atoms in total. The molecular formula is C34H37N7O. The van der Waals surface area contributed by atoms with Gasteiger partial charge in [-0.25, -0.2) is 4.68 Å². The second-order valence-corrected chi connectivity index (χ2v) is 11.7. The lowest BCUT2D eigenvalue weighted by Crippen LogP contribution is -2.50. The summed E-state index contributed by atoms with van der Waals surface area (Å²) >= 11 is 0. The van der Waals surface area contributed by atoms with Crippen molar-refractivity contribution in [3.05, 3.63) is 123 Å². The van der Waals surface area contributed by atoms with E-state index in [1.807, 2.05) is 23.7 Å². The molecule has 2 aliphatic rings. The maximum atomic E-state index is 13.8. The van der Waals surface area contributed by atoms with Gasteiger partial charge in [0.25, 0.3) is 5.56 Å². The average Bonchev–Trinajstić information content (AvgIpc) is 3.73. The molecule has 5 aromatic rings. The molecule has 1 aliphatic heterocycles. The number of hydrogen-bond acceptors (Lipinski definition) is 6. The molecule has 3 heterocycles. The minimum absolute atomic E-state index is 0.0725. The second kappa shape index (κ2) is 11.6. The average molecular weight is 560 g/mol. The number of rotatable bonds is 7. The molecule has 0 spiro atoms. The number of aryl methyl sites for hydroxylation is 1. The number of H-pyrrole nitrogens is 1. The van der Waals surface area contributed by atoms with Gasteiger partial charge in [0.2, 0.25) is 0 Å². The van der Waals surface area contributed by atoms with Crippen LogP contribution in [0.2, 0.25) is 0 Å². The molecule has 0 unspecified atom stereocenters. The first-order valence-corrected chi connectivity index (χ1v) is 15.2. The first-order chi connectivity index (χ1) is 20.7. The van der Waals surface area contributed by atoms with Crippen LogP contribution in [-0.4, -0.2) is 61.2 Å². The van der Waals surface area contributed by atoms with E-state index in [-0.39, 0.29) is 23.7 Å². The number of aromatic nitrogens is 5. The van der Waals surface area contributed by atoms with Crippen molar-refractivity contribution in [2.45, 2.75) is 50.7 Å². The Kier molecular flexibility index (Phi) is 7.40. The van der Waals surface area contributed by atoms with Gasteiger partial charge in [-0.1, -0.05) is 91.7 Å². The molecule has 7 rings (SSSR count). The van der Waals surface area contributed by atoms with Gasteiger partial charge in [0, 0.05) is 31.7 Å². The third kappa shape index (κ3) is 5.05. The second-order valence-electron chi connectivity index (χ2n) is 11.7. The van der Waals surface area contributed by atoms with Crippen LogP contribution < -0.4 is 5.56 Å². The van der Waals surface area contributed by atoms with Gasteiger partial charge in [-0.2, -0.15) is 0 Å². The number of aromatic amines is 1. The van der Waals surface area contributed by atoms with Crippen molar-refractivity contribution in [2.24, 2.45) is 0 Å². The Morgan fingerprint density at radius 3 is 2.05 bits per heavy atom. The van der Waals surface area contributed by atoms with Crippen LogP contribution in [0.25, 0.3) is 10.9 Å². The smallest absolute Gasteiger partial charge is 0.253 e. The predicted molar refractivity (Wildman–Crippen MR) is 164 cm³/mol. The van der Waals surface area contributed by atoms with Crippen molar-refractivity contribution in [2.75, 3.05) is 26.2 Å². The quantitative estimate of drug-likeness (QED) is 0.286. The third-order valence-corrected chi connectivity index (χ3v) is 9.15. The van der Waals surface area contributed by atoms with E-state index < -0.39 is 0 Å². The Hall–Kier alpha value is -4.14. The minimum Gasteiger partial charge on any atom is -0.321 e. The Morgan fingerprint density at radius 1 is 0.786 bits per heavy atom. The van der Waals surface area contributed by atoms with Crippen LogP contribution in [0.3, 0.4) is 0 Å². The zero-order valence-electron chi connectivity index (χ0n) is 24.1. The van der Waals surface area contributed by atoms with Crippen LogP contribution in [0.1, 0.15) is 71.9 Å². The summed E-state index contributed by atoms with van der Waals surface area (Å²) in [4.78, 5) is 21.9. The van der Waals surface area contributed by atoms with Crippen LogP contribution in [0.4, 0.5) is 0 Å². The SMILES string of the molecule is Cc1cccc2cc([C@@H](c3nnnn3C3CCCC3)N3CCN(C(c4ccccc4)c4ccccc4)CC3)c(=O)[nH]c12. The van der Waals surface area contributed by atoms with Crippen LogP contribution in [0.15, 0.2) is 89.7 Å². The van der Waals surface area contributed by atoms with Crippen molar-refractivity contribution >= 4 is 10.9 Å². The summed E-state index contributed by atoms with van der Waals surface area (Å²) in [6.45, 7) is 5.35. The highest BCUT2D eigenvalue weighted by Gasteiger charge is 2.36. The van der Waals surface area contributed by atoms with E-state index in [9.17, 15) is 4.79 Å². The molecule has 214 valence electrons. The van der Waals surface area contributed by atoms with Gasteiger partial charge in [0.15, 0.2) is 5.82 Å². The predicted octanol–water partition coefficient (Wildman–Crippen LogP) is 5.43. The van der Waals surface area contributed by atoms with Gasteiger partial charge in [-0.3, -0.25) is 14.6 Å². The highest BCUT2D eigenvalue weighted by atomic mass is 16.1. The summed E-state index contributed by atoms with van der Waals surface area (Å²) in [5, 5.41) is 14.2. The molecule has 0 radical (unpaired) electrons. The first kappa shape index (κ1) is 26.7. The zero-order chi connectivity index (χ0) is 28.5. The Morgan fingerprint density at radius 2 is 1.40 bits per heavy atom. The molecule has 1 N–H and O–H groups in total. The fourth-order valence-corrected chi connectivity index (χ4v) is 7.03. The number of tetrazole rings is 1. The first-order valence-electron chi connectivity index (χ1n) is 15.2. The van der Waals surface area contributed by atoms with E-state index in [1.165, 1.54) is 24.0 Å². The normalized spacial score (nSPS) is 17.8. The Balaban J connectivity index is 1.25. The van der Waals surface area contributed by atoms with Crippen molar-refractivity contribution in [1.29, 1.82) is 0 Å². The molecule has 1 aliphatic carbocycles. The summed E-state index contributed by atoms with van der Waals surface area (Å²) in [7, 11) is 0. The molecule has 0 amide bonds. The maximum Gasteiger partial charge on any atom is 0.253 e. The highest BCUT2D eigenvalue weighted by molar-refractivity contribution is 5.82. The van der Waals surface area contributed by atoms with E-state index in [1.54, 1.807) is 0 Å². The number of nitrogens with one attached hydrogen (secondary N) is 1. The lowest BCUT2D eigenvalue weighted by atomic mass is 9.96. The number of nitrogens with zero attached hydrogens (tertiary/aromatic N) is 6. The van der Waals surface area contributed by atoms with Crippen LogP contribution in [0, 0.1) is 6.92 Å². The van der Waals surface area contributed by atoms with Crippen LogP contribution >= 0.6 is 0 Å². The number of piperazine rings is 1. The molecule has 8 heteroatoms. The lowest BCUT2D eigenvalue weighted by Gasteiger charge is -2.42. The zero-order valence-corrected chi connectivity index (χ0v) is 24.1. The molecular weight excluding hydrogens is 522 g/mol. The fourth-order valence-electron chi connectivity index (χ4n) is 7.03. The number of hydrogen-bond donors (Lipinski definition) is 1. The topological polar surface area (TPSA) is 82.9 Å². The van der Waals surface area contributed by atoms with Crippen molar-refractivity contribution in [3.63, 3.8) is 0 Å². The molecule has 0 bridgehead atoms. The van der Waals surface area contributed by atoms with Gasteiger partial charge in [-0.15, -0.1) is 5.10 Å². The maximum absolute atomic E-state index is 13.8. The third-order valence-electron chi connectivity index (χ3n) is 9.15. The largest absolute Gasteiger partial charge is 0.321 e. The molecule has 2 fully saturated rings. The summed E-state index contributed by atoms with van der Waals surface area (Å²) in [5.41, 5.74) is 5.17. The summed E-state index contributed by atoms with van der Waals surface area (Å²) in [6, 6.07) is 29.8. The van der Waals surface area contributed by atoms with Crippen molar-refractivity contribution in [1.82, 2.24) is 35.0 Å². The van der Waals surface area contributed by atoms with Gasteiger partial charge in [0.05, 0.1) is 17.6 Å². The van der Waals surface area contributed by atoms with E-state index in [2.05, 4.69) is 103 Å². The fraction of sp³-hybridized carbons (Fsp3) is 0.353. The monoisotopic (exact) mass is 559 g/mol. The van der Waals surface area contributed by atoms with Crippen LogP contribution in [-0.2, 0) is 0 Å². The van der Waals surface area contributed by atoms with Gasteiger partial charge >= 0.3 is 0 Å². The summed E-state index contributed by atoms with van der Waals surface area (Å²) < 4.78 is 2.01. The highest BCUT2D eigenvalue weighted by Crippen LogP contribution is 2.36. The molecule has 1 saturated heterocycles. The van der Waals surface area contributed by atoms with E-state index in [0.717, 1.165) is 61.3 Å².